The molecule has 1 aromatic carbocycles. The van der Waals surface area contributed by atoms with Crippen LogP contribution in [0.1, 0.15) is 45.6 Å². The summed E-state index contributed by atoms with van der Waals surface area (Å²) in [7, 11) is -3.65. The zero-order valence-corrected chi connectivity index (χ0v) is 14.2. The van der Waals surface area contributed by atoms with Gasteiger partial charge in [-0.2, -0.15) is 9.57 Å². The van der Waals surface area contributed by atoms with Gasteiger partial charge in [-0.05, 0) is 38.0 Å². The molecule has 116 valence electrons. The van der Waals surface area contributed by atoms with Crippen molar-refractivity contribution in [2.75, 3.05) is 6.54 Å². The summed E-state index contributed by atoms with van der Waals surface area (Å²) in [5, 5.41) is 8.93. The Morgan fingerprint density at radius 1 is 1.38 bits per heavy atom. The number of rotatable bonds is 7. The molecule has 4 nitrogen and oxygen atoms in total. The molecule has 6 heteroatoms. The molecule has 0 saturated carbocycles. The summed E-state index contributed by atoms with van der Waals surface area (Å²) in [5.41, 5.74) is 0.350. The van der Waals surface area contributed by atoms with Crippen molar-refractivity contribution in [3.63, 3.8) is 0 Å². The van der Waals surface area contributed by atoms with Crippen molar-refractivity contribution in [1.29, 1.82) is 5.26 Å². The van der Waals surface area contributed by atoms with Crippen LogP contribution in [-0.4, -0.2) is 25.3 Å². The molecule has 0 fully saturated rings. The van der Waals surface area contributed by atoms with E-state index in [1.165, 1.54) is 22.5 Å². The van der Waals surface area contributed by atoms with E-state index in [4.69, 9.17) is 16.9 Å². The van der Waals surface area contributed by atoms with Gasteiger partial charge in [0.25, 0.3) is 0 Å². The Labute approximate surface area is 132 Å². The van der Waals surface area contributed by atoms with Gasteiger partial charge in [0.1, 0.15) is 4.90 Å². The minimum absolute atomic E-state index is 0.0690. The highest BCUT2D eigenvalue weighted by Crippen LogP contribution is 2.27. The Hall–Kier alpha value is -1.09. The predicted molar refractivity (Wildman–Crippen MR) is 84.7 cm³/mol. The maximum absolute atomic E-state index is 12.8. The second-order valence-electron chi connectivity index (χ2n) is 4.98. The summed E-state index contributed by atoms with van der Waals surface area (Å²) < 4.78 is 27.1. The van der Waals surface area contributed by atoms with E-state index in [1.54, 1.807) is 0 Å². The molecular weight excluding hydrogens is 308 g/mol. The quantitative estimate of drug-likeness (QED) is 0.764. The first-order chi connectivity index (χ1) is 9.88. The standard InChI is InChI=1S/C15H21ClN2O2S/c1-4-6-9-18(12(3)5-2)21(19,20)15-8-7-13(11-17)10-14(15)16/h7-8,10,12H,4-6,9H2,1-3H3. The summed E-state index contributed by atoms with van der Waals surface area (Å²) >= 11 is 6.06. The monoisotopic (exact) mass is 328 g/mol. The maximum Gasteiger partial charge on any atom is 0.244 e. The average molecular weight is 329 g/mol. The fourth-order valence-electron chi connectivity index (χ4n) is 2.00. The van der Waals surface area contributed by atoms with Crippen LogP contribution in [0.2, 0.25) is 5.02 Å². The predicted octanol–water partition coefficient (Wildman–Crippen LogP) is 3.80. The van der Waals surface area contributed by atoms with Crippen molar-refractivity contribution in [1.82, 2.24) is 4.31 Å². The number of nitrogens with zero attached hydrogens (tertiary/aromatic N) is 2. The van der Waals surface area contributed by atoms with Gasteiger partial charge in [0.2, 0.25) is 10.0 Å². The van der Waals surface area contributed by atoms with Gasteiger partial charge in [0.05, 0.1) is 16.7 Å². The lowest BCUT2D eigenvalue weighted by Gasteiger charge is -2.28. The Kier molecular flexibility index (Phi) is 6.66. The van der Waals surface area contributed by atoms with Crippen molar-refractivity contribution in [2.45, 2.75) is 51.0 Å². The molecule has 0 radical (unpaired) electrons. The van der Waals surface area contributed by atoms with Crippen LogP contribution < -0.4 is 0 Å². The van der Waals surface area contributed by atoms with Crippen LogP contribution in [0.15, 0.2) is 23.1 Å². The number of nitriles is 1. The summed E-state index contributed by atoms with van der Waals surface area (Å²) in [4.78, 5) is 0.0690. The molecule has 0 bridgehead atoms. The summed E-state index contributed by atoms with van der Waals surface area (Å²) in [6, 6.07) is 6.15. The molecular formula is C15H21ClN2O2S. The van der Waals surface area contributed by atoms with Gasteiger partial charge >= 0.3 is 0 Å². The number of unbranched alkanes of at least 4 members (excludes halogenated alkanes) is 1. The second-order valence-corrected chi connectivity index (χ2v) is 7.25. The van der Waals surface area contributed by atoms with E-state index in [1.807, 2.05) is 26.8 Å². The van der Waals surface area contributed by atoms with Crippen molar-refractivity contribution < 1.29 is 8.42 Å². The highest BCUT2D eigenvalue weighted by Gasteiger charge is 2.29. The third-order valence-corrected chi connectivity index (χ3v) is 5.96. The third-order valence-electron chi connectivity index (χ3n) is 3.46. The van der Waals surface area contributed by atoms with Gasteiger partial charge in [-0.1, -0.05) is 31.9 Å². The molecule has 0 saturated heterocycles. The Morgan fingerprint density at radius 3 is 2.52 bits per heavy atom. The highest BCUT2D eigenvalue weighted by molar-refractivity contribution is 7.89. The lowest BCUT2D eigenvalue weighted by Crippen LogP contribution is -2.39. The molecule has 1 atom stereocenters. The maximum atomic E-state index is 12.8. The molecule has 0 aliphatic carbocycles. The summed E-state index contributed by atoms with van der Waals surface area (Å²) in [6.45, 7) is 6.35. The van der Waals surface area contributed by atoms with Gasteiger partial charge in [-0.25, -0.2) is 8.42 Å². The van der Waals surface area contributed by atoms with Crippen LogP contribution in [-0.2, 0) is 10.0 Å². The Balaban J connectivity index is 3.25. The van der Waals surface area contributed by atoms with Crippen LogP contribution in [0.25, 0.3) is 0 Å². The van der Waals surface area contributed by atoms with Crippen LogP contribution >= 0.6 is 11.6 Å². The smallest absolute Gasteiger partial charge is 0.207 e. The molecule has 0 aromatic heterocycles. The topological polar surface area (TPSA) is 61.2 Å². The molecule has 0 heterocycles. The molecule has 1 aromatic rings. The van der Waals surface area contributed by atoms with Crippen molar-refractivity contribution in [2.24, 2.45) is 0 Å². The Morgan fingerprint density at radius 2 is 2.05 bits per heavy atom. The molecule has 1 unspecified atom stereocenters. The number of hydrogen-bond donors (Lipinski definition) is 0. The number of hydrogen-bond acceptors (Lipinski definition) is 3. The number of benzene rings is 1. The molecule has 0 spiro atoms. The zero-order chi connectivity index (χ0) is 16.0. The van der Waals surface area contributed by atoms with Crippen molar-refractivity contribution in [3.05, 3.63) is 28.8 Å². The average Bonchev–Trinajstić information content (AvgIpc) is 2.46. The first-order valence-electron chi connectivity index (χ1n) is 7.09. The molecule has 0 amide bonds. The van der Waals surface area contributed by atoms with E-state index >= 15 is 0 Å². The van der Waals surface area contributed by atoms with Crippen LogP contribution in [0.5, 0.6) is 0 Å². The summed E-state index contributed by atoms with van der Waals surface area (Å²) in [5.74, 6) is 0. The largest absolute Gasteiger partial charge is 0.244 e. The third kappa shape index (κ3) is 4.19. The molecule has 21 heavy (non-hydrogen) atoms. The molecule has 0 aliphatic rings. The SMILES string of the molecule is CCCCN(C(C)CC)S(=O)(=O)c1ccc(C#N)cc1Cl. The van der Waals surface area contributed by atoms with E-state index in [9.17, 15) is 8.42 Å². The van der Waals surface area contributed by atoms with Gasteiger partial charge in [-0.15, -0.1) is 0 Å². The first-order valence-corrected chi connectivity index (χ1v) is 8.91. The zero-order valence-electron chi connectivity index (χ0n) is 12.6. The van der Waals surface area contributed by atoms with Gasteiger partial charge < -0.3 is 0 Å². The van der Waals surface area contributed by atoms with E-state index in [-0.39, 0.29) is 16.0 Å². The van der Waals surface area contributed by atoms with Crippen molar-refractivity contribution in [3.8, 4) is 6.07 Å². The van der Waals surface area contributed by atoms with Gasteiger partial charge in [0.15, 0.2) is 0 Å². The van der Waals surface area contributed by atoms with E-state index in [2.05, 4.69) is 0 Å². The molecule has 0 aliphatic heterocycles. The lowest BCUT2D eigenvalue weighted by molar-refractivity contribution is 0.324. The fourth-order valence-corrected chi connectivity index (χ4v) is 4.26. The van der Waals surface area contributed by atoms with E-state index in [0.717, 1.165) is 19.3 Å². The van der Waals surface area contributed by atoms with Gasteiger partial charge in [-0.3, -0.25) is 0 Å². The van der Waals surface area contributed by atoms with Crippen LogP contribution in [0, 0.1) is 11.3 Å². The second kappa shape index (κ2) is 7.79. The summed E-state index contributed by atoms with van der Waals surface area (Å²) in [6.07, 6.45) is 2.46. The normalized spacial score (nSPS) is 13.1. The highest BCUT2D eigenvalue weighted by atomic mass is 35.5. The van der Waals surface area contributed by atoms with Crippen molar-refractivity contribution >= 4 is 21.6 Å². The van der Waals surface area contributed by atoms with E-state index < -0.39 is 10.0 Å². The first kappa shape index (κ1) is 18.0. The molecule has 1 rings (SSSR count). The van der Waals surface area contributed by atoms with E-state index in [0.29, 0.717) is 12.1 Å². The fraction of sp³-hybridized carbons (Fsp3) is 0.533. The van der Waals surface area contributed by atoms with Crippen LogP contribution in [0.4, 0.5) is 0 Å². The lowest BCUT2D eigenvalue weighted by atomic mass is 10.2. The minimum atomic E-state index is -3.65. The Bertz CT molecular complexity index is 623. The number of halogens is 1. The number of sulfonamides is 1. The molecule has 0 N–H and O–H groups in total. The van der Waals surface area contributed by atoms with Crippen LogP contribution in [0.3, 0.4) is 0 Å². The minimum Gasteiger partial charge on any atom is -0.207 e. The van der Waals surface area contributed by atoms with Gasteiger partial charge in [0, 0.05) is 12.6 Å².